The molecule has 0 aliphatic carbocycles. The smallest absolute Gasteiger partial charge is 0.155 e. The molecule has 0 bridgehead atoms. The van der Waals surface area contributed by atoms with E-state index in [9.17, 15) is 4.79 Å². The molecule has 1 aromatic rings. The van der Waals surface area contributed by atoms with E-state index >= 15 is 0 Å². The summed E-state index contributed by atoms with van der Waals surface area (Å²) >= 11 is 0. The number of hydrogen-bond donors (Lipinski definition) is 0. The van der Waals surface area contributed by atoms with Crippen LogP contribution < -0.4 is 4.74 Å². The first-order valence-corrected chi connectivity index (χ1v) is 9.20. The van der Waals surface area contributed by atoms with E-state index in [1.807, 2.05) is 37.3 Å². The Morgan fingerprint density at radius 3 is 2.13 bits per heavy atom. The third-order valence-corrected chi connectivity index (χ3v) is 3.96. The fraction of sp³-hybridized carbons (Fsp3) is 0.571. The number of unbranched alkanes of at least 4 members (excludes halogenated alkanes) is 7. The van der Waals surface area contributed by atoms with Crippen molar-refractivity contribution in [3.05, 3.63) is 35.9 Å². The first-order valence-electron chi connectivity index (χ1n) is 9.20. The van der Waals surface area contributed by atoms with E-state index in [4.69, 9.17) is 4.74 Å². The molecule has 0 radical (unpaired) electrons. The molecule has 0 spiro atoms. The summed E-state index contributed by atoms with van der Waals surface area (Å²) in [5, 5.41) is 0. The lowest BCUT2D eigenvalue weighted by molar-refractivity contribution is -0.114. The molecule has 23 heavy (non-hydrogen) atoms. The molecule has 1 rings (SSSR count). The molecule has 0 N–H and O–H groups in total. The van der Waals surface area contributed by atoms with Crippen LogP contribution in [0.2, 0.25) is 0 Å². The van der Waals surface area contributed by atoms with Gasteiger partial charge in [-0.1, -0.05) is 77.0 Å². The molecule has 0 amide bonds. The molecule has 1 aromatic carbocycles. The fourth-order valence-electron chi connectivity index (χ4n) is 2.41. The molecule has 0 atom stereocenters. The average Bonchev–Trinajstić information content (AvgIpc) is 2.59. The number of carbonyl (C=O) groups is 1. The summed E-state index contributed by atoms with van der Waals surface area (Å²) in [5.74, 6) is 1.06. The largest absolute Gasteiger partial charge is 0.494 e. The van der Waals surface area contributed by atoms with Gasteiger partial charge in [-0.15, -0.1) is 0 Å². The fourth-order valence-corrected chi connectivity index (χ4v) is 2.41. The Morgan fingerprint density at radius 1 is 0.913 bits per heavy atom. The lowest BCUT2D eigenvalue weighted by Crippen LogP contribution is -1.97. The second kappa shape index (κ2) is 12.9. The third-order valence-electron chi connectivity index (χ3n) is 3.96. The average molecular weight is 316 g/mol. The van der Waals surface area contributed by atoms with Crippen LogP contribution in [0.5, 0.6) is 5.75 Å². The molecule has 0 fully saturated rings. The summed E-state index contributed by atoms with van der Waals surface area (Å²) in [5.41, 5.74) is 1.03. The molecule has 0 heterocycles. The van der Waals surface area contributed by atoms with Gasteiger partial charge in [0.1, 0.15) is 5.75 Å². The lowest BCUT2D eigenvalue weighted by atomic mass is 10.1. The molecule has 2 heteroatoms. The molecule has 0 aliphatic heterocycles. The van der Waals surface area contributed by atoms with Crippen LogP contribution in [0.3, 0.4) is 0 Å². The zero-order valence-electron chi connectivity index (χ0n) is 14.9. The quantitative estimate of drug-likeness (QED) is 0.320. The van der Waals surface area contributed by atoms with E-state index in [2.05, 4.69) is 6.92 Å². The van der Waals surface area contributed by atoms with Crippen LogP contribution in [0.25, 0.3) is 6.08 Å². The molecule has 0 saturated heterocycles. The van der Waals surface area contributed by atoms with Gasteiger partial charge >= 0.3 is 0 Å². The number of hydrogen-bond acceptors (Lipinski definition) is 2. The minimum absolute atomic E-state index is 0.153. The predicted octanol–water partition coefficient (Wildman–Crippen LogP) is 6.20. The predicted molar refractivity (Wildman–Crippen MR) is 98.9 cm³/mol. The van der Waals surface area contributed by atoms with E-state index in [0.717, 1.165) is 24.3 Å². The monoisotopic (exact) mass is 316 g/mol. The van der Waals surface area contributed by atoms with Crippen LogP contribution in [0, 0.1) is 0 Å². The highest BCUT2D eigenvalue weighted by Crippen LogP contribution is 2.14. The second-order valence-electron chi connectivity index (χ2n) is 6.05. The van der Waals surface area contributed by atoms with Crippen molar-refractivity contribution in [2.75, 3.05) is 6.61 Å². The van der Waals surface area contributed by atoms with Crippen molar-refractivity contribution in [1.82, 2.24) is 0 Å². The number of benzene rings is 1. The lowest BCUT2D eigenvalue weighted by Gasteiger charge is -2.06. The molecule has 2 nitrogen and oxygen atoms in total. The number of allylic oxidation sites excluding steroid dienone is 1. The van der Waals surface area contributed by atoms with Gasteiger partial charge in [0.15, 0.2) is 5.78 Å². The standard InChI is InChI=1S/C21H32O2/c1-3-5-6-7-8-9-10-11-18-23-21-16-13-19(14-17-21)12-15-20(22)4-2/h12-17H,3-11,18H2,1-2H3. The summed E-state index contributed by atoms with van der Waals surface area (Å²) in [6, 6.07) is 7.92. The van der Waals surface area contributed by atoms with E-state index in [1.54, 1.807) is 6.08 Å². The number of carbonyl (C=O) groups excluding carboxylic acids is 1. The van der Waals surface area contributed by atoms with Crippen molar-refractivity contribution in [3.8, 4) is 5.75 Å². The van der Waals surface area contributed by atoms with Crippen molar-refractivity contribution in [2.24, 2.45) is 0 Å². The van der Waals surface area contributed by atoms with Crippen molar-refractivity contribution in [3.63, 3.8) is 0 Å². The highest BCUT2D eigenvalue weighted by atomic mass is 16.5. The Labute approximate surface area is 141 Å². The van der Waals surface area contributed by atoms with E-state index in [0.29, 0.717) is 6.42 Å². The summed E-state index contributed by atoms with van der Waals surface area (Å²) in [6.45, 7) is 4.91. The van der Waals surface area contributed by atoms with Gasteiger partial charge in [0.2, 0.25) is 0 Å². The second-order valence-corrected chi connectivity index (χ2v) is 6.05. The van der Waals surface area contributed by atoms with Crippen LogP contribution in [-0.4, -0.2) is 12.4 Å². The summed E-state index contributed by atoms with van der Waals surface area (Å²) < 4.78 is 5.76. The van der Waals surface area contributed by atoms with Crippen LogP contribution in [0.4, 0.5) is 0 Å². The zero-order valence-corrected chi connectivity index (χ0v) is 14.9. The Kier molecular flexibility index (Phi) is 10.9. The number of ketones is 1. The molecule has 128 valence electrons. The van der Waals surface area contributed by atoms with Crippen molar-refractivity contribution < 1.29 is 9.53 Å². The van der Waals surface area contributed by atoms with Gasteiger partial charge in [-0.25, -0.2) is 0 Å². The highest BCUT2D eigenvalue weighted by Gasteiger charge is 1.96. The Morgan fingerprint density at radius 2 is 1.52 bits per heavy atom. The van der Waals surface area contributed by atoms with Crippen LogP contribution in [0.1, 0.15) is 77.2 Å². The van der Waals surface area contributed by atoms with Crippen LogP contribution >= 0.6 is 0 Å². The van der Waals surface area contributed by atoms with Gasteiger partial charge in [-0.3, -0.25) is 4.79 Å². The first kappa shape index (κ1) is 19.5. The maximum Gasteiger partial charge on any atom is 0.155 e. The Bertz CT molecular complexity index is 445. The Hall–Kier alpha value is -1.57. The maximum atomic E-state index is 11.2. The first-order chi connectivity index (χ1) is 11.3. The normalized spacial score (nSPS) is 11.0. The minimum atomic E-state index is 0.153. The van der Waals surface area contributed by atoms with Crippen molar-refractivity contribution in [1.29, 1.82) is 0 Å². The van der Waals surface area contributed by atoms with E-state index < -0.39 is 0 Å². The van der Waals surface area contributed by atoms with Gasteiger partial charge in [0, 0.05) is 6.42 Å². The minimum Gasteiger partial charge on any atom is -0.494 e. The highest BCUT2D eigenvalue weighted by molar-refractivity contribution is 5.93. The van der Waals surface area contributed by atoms with Gasteiger partial charge in [-0.05, 0) is 30.2 Å². The molecule has 0 aromatic heterocycles. The topological polar surface area (TPSA) is 26.3 Å². The molecule has 0 aliphatic rings. The van der Waals surface area contributed by atoms with Crippen LogP contribution in [-0.2, 0) is 4.79 Å². The summed E-state index contributed by atoms with van der Waals surface area (Å²) in [4.78, 5) is 11.2. The molecular formula is C21H32O2. The SMILES string of the molecule is CCCCCCCCCCOc1ccc(C=CC(=O)CC)cc1. The summed E-state index contributed by atoms with van der Waals surface area (Å²) in [7, 11) is 0. The molecule has 0 unspecified atom stereocenters. The number of ether oxygens (including phenoxy) is 1. The summed E-state index contributed by atoms with van der Waals surface area (Å²) in [6.07, 6.45) is 14.6. The van der Waals surface area contributed by atoms with E-state index in [1.165, 1.54) is 44.9 Å². The van der Waals surface area contributed by atoms with E-state index in [-0.39, 0.29) is 5.78 Å². The number of rotatable bonds is 13. The third kappa shape index (κ3) is 9.93. The molecular weight excluding hydrogens is 284 g/mol. The maximum absolute atomic E-state index is 11.2. The molecule has 0 saturated carbocycles. The van der Waals surface area contributed by atoms with Crippen molar-refractivity contribution >= 4 is 11.9 Å². The van der Waals surface area contributed by atoms with Crippen LogP contribution in [0.15, 0.2) is 30.3 Å². The van der Waals surface area contributed by atoms with Crippen molar-refractivity contribution in [2.45, 2.75) is 71.6 Å². The van der Waals surface area contributed by atoms with Gasteiger partial charge in [0.25, 0.3) is 0 Å². The Balaban J connectivity index is 2.11. The van der Waals surface area contributed by atoms with Gasteiger partial charge in [-0.2, -0.15) is 0 Å². The zero-order chi connectivity index (χ0) is 16.8. The van der Waals surface area contributed by atoms with Gasteiger partial charge < -0.3 is 4.74 Å². The van der Waals surface area contributed by atoms with Gasteiger partial charge in [0.05, 0.1) is 6.61 Å².